The lowest BCUT2D eigenvalue weighted by Gasteiger charge is -2.41. The predicted molar refractivity (Wildman–Crippen MR) is 163 cm³/mol. The third-order valence-electron chi connectivity index (χ3n) is 9.64. The number of hydrogen-bond donors (Lipinski definition) is 1. The van der Waals surface area contributed by atoms with Gasteiger partial charge in [0.05, 0.1) is 5.92 Å². The molecule has 2 heterocycles. The van der Waals surface area contributed by atoms with E-state index < -0.39 is 0 Å². The molecule has 5 heteroatoms. The van der Waals surface area contributed by atoms with E-state index in [9.17, 15) is 4.79 Å². The van der Waals surface area contributed by atoms with Crippen molar-refractivity contribution in [2.45, 2.75) is 64.6 Å². The molecule has 4 aliphatic rings. The molecule has 0 spiro atoms. The summed E-state index contributed by atoms with van der Waals surface area (Å²) in [5, 5.41) is 3.59. The minimum Gasteiger partial charge on any atom is -0.385 e. The smallest absolute Gasteiger partial charge is 0.227 e. The predicted octanol–water partition coefficient (Wildman–Crippen LogP) is 6.11. The summed E-state index contributed by atoms with van der Waals surface area (Å²) in [7, 11) is 1.77. The molecule has 0 bridgehead atoms. The Balaban J connectivity index is 1.23. The molecule has 40 heavy (non-hydrogen) atoms. The number of hydrogen-bond acceptors (Lipinski definition) is 3. The fraction of sp³-hybridized carbons (Fsp3) is 0.514. The Labute approximate surface area is 240 Å². The van der Waals surface area contributed by atoms with E-state index in [1.807, 2.05) is 0 Å². The van der Waals surface area contributed by atoms with Crippen molar-refractivity contribution in [3.05, 3.63) is 83.2 Å². The number of allylic oxidation sites excluding steroid dienone is 5. The van der Waals surface area contributed by atoms with Crippen LogP contribution in [0.25, 0.3) is 11.6 Å². The summed E-state index contributed by atoms with van der Waals surface area (Å²) in [4.78, 5) is 16.7. The maximum absolute atomic E-state index is 14.5. The first-order valence-electron chi connectivity index (χ1n) is 15.5. The van der Waals surface area contributed by atoms with Crippen molar-refractivity contribution in [1.29, 1.82) is 0 Å². The van der Waals surface area contributed by atoms with Crippen molar-refractivity contribution in [3.8, 4) is 0 Å². The van der Waals surface area contributed by atoms with Crippen LogP contribution in [-0.2, 0) is 29.0 Å². The number of piperidine rings is 1. The minimum atomic E-state index is 0.0109. The van der Waals surface area contributed by atoms with Gasteiger partial charge < -0.3 is 19.5 Å². The average molecular weight is 540 g/mol. The Morgan fingerprint density at radius 1 is 1.18 bits per heavy atom. The van der Waals surface area contributed by atoms with Crippen LogP contribution in [0.2, 0.25) is 0 Å². The number of fused-ring (bicyclic) bond motifs is 1. The van der Waals surface area contributed by atoms with Gasteiger partial charge in [-0.3, -0.25) is 4.79 Å². The van der Waals surface area contributed by atoms with Crippen molar-refractivity contribution in [2.24, 2.45) is 23.7 Å². The first kappa shape index (κ1) is 27.3. The molecule has 3 aliphatic carbocycles. The molecule has 0 radical (unpaired) electrons. The number of carbonyl (C=O) groups is 1. The fourth-order valence-electron chi connectivity index (χ4n) is 7.38. The minimum absolute atomic E-state index is 0.0109. The topological polar surface area (TPSA) is 46.5 Å². The number of methoxy groups -OCH3 is 1. The summed E-state index contributed by atoms with van der Waals surface area (Å²) in [5.74, 6) is 1.47. The van der Waals surface area contributed by atoms with Gasteiger partial charge in [0.15, 0.2) is 0 Å². The Hall–Kier alpha value is -2.89. The van der Waals surface area contributed by atoms with E-state index in [0.29, 0.717) is 29.7 Å². The number of aryl methyl sites for hydroxylation is 1. The van der Waals surface area contributed by atoms with Crippen LogP contribution in [0.1, 0.15) is 61.4 Å². The van der Waals surface area contributed by atoms with Crippen molar-refractivity contribution in [1.82, 2.24) is 14.8 Å². The molecule has 1 amide bonds. The van der Waals surface area contributed by atoms with Crippen LogP contribution in [0.5, 0.6) is 0 Å². The number of rotatable bonds is 10. The zero-order valence-corrected chi connectivity index (χ0v) is 24.2. The number of aromatic nitrogens is 1. The molecule has 1 aromatic carbocycles. The molecule has 2 unspecified atom stereocenters. The van der Waals surface area contributed by atoms with Crippen molar-refractivity contribution < 1.29 is 9.53 Å². The van der Waals surface area contributed by atoms with Gasteiger partial charge in [-0.25, -0.2) is 0 Å². The summed E-state index contributed by atoms with van der Waals surface area (Å²) in [6.07, 6.45) is 20.3. The van der Waals surface area contributed by atoms with E-state index in [-0.39, 0.29) is 5.92 Å². The van der Waals surface area contributed by atoms with E-state index in [4.69, 9.17) is 4.74 Å². The lowest BCUT2D eigenvalue weighted by Crippen LogP contribution is -2.50. The number of ether oxygens (including phenoxy) is 1. The van der Waals surface area contributed by atoms with E-state index in [1.165, 1.54) is 28.0 Å². The van der Waals surface area contributed by atoms with Gasteiger partial charge >= 0.3 is 0 Å². The Morgan fingerprint density at radius 3 is 2.83 bits per heavy atom. The van der Waals surface area contributed by atoms with Crippen LogP contribution in [0.3, 0.4) is 0 Å². The maximum Gasteiger partial charge on any atom is 0.227 e. The van der Waals surface area contributed by atoms with Crippen LogP contribution >= 0.6 is 0 Å². The highest BCUT2D eigenvalue weighted by Crippen LogP contribution is 2.43. The molecule has 1 saturated carbocycles. The Bertz CT molecular complexity index is 1270. The standard InChI is InChI=1S/C35H45N3O2/c1-25-29(26-10-4-3-5-11-26)13-8-14-30(25)32-18-19-36-22-33(32)35(39)38(28-16-17-28)24-27-23-37(20-9-21-40-2)34-15-7-6-12-31(27)34/h3-6,8,10-14,23,25,28,30,32-33,36H,7,9,15-22,24H2,1-2H3/t25?,30?,32-,33+/m1/s1. The molecular weight excluding hydrogens is 494 g/mol. The second-order valence-electron chi connectivity index (χ2n) is 12.2. The van der Waals surface area contributed by atoms with E-state index in [1.54, 1.807) is 7.11 Å². The van der Waals surface area contributed by atoms with Gasteiger partial charge in [0.25, 0.3) is 0 Å². The number of amides is 1. The van der Waals surface area contributed by atoms with Crippen LogP contribution in [0.15, 0.2) is 60.8 Å². The Kier molecular flexibility index (Phi) is 8.40. The quantitative estimate of drug-likeness (QED) is 0.371. The van der Waals surface area contributed by atoms with Gasteiger partial charge in [-0.15, -0.1) is 0 Å². The van der Waals surface area contributed by atoms with E-state index in [2.05, 4.69) is 88.6 Å². The van der Waals surface area contributed by atoms with Gasteiger partial charge in [0, 0.05) is 56.8 Å². The van der Waals surface area contributed by atoms with Crippen LogP contribution < -0.4 is 5.32 Å². The highest BCUT2D eigenvalue weighted by molar-refractivity contribution is 5.81. The van der Waals surface area contributed by atoms with Crippen LogP contribution in [0.4, 0.5) is 0 Å². The molecule has 1 aromatic heterocycles. The molecule has 5 nitrogen and oxygen atoms in total. The van der Waals surface area contributed by atoms with Crippen molar-refractivity contribution in [3.63, 3.8) is 0 Å². The summed E-state index contributed by atoms with van der Waals surface area (Å²) in [5.41, 5.74) is 6.78. The first-order valence-corrected chi connectivity index (χ1v) is 15.5. The van der Waals surface area contributed by atoms with Crippen LogP contribution in [-0.4, -0.2) is 48.2 Å². The molecule has 1 aliphatic heterocycles. The van der Waals surface area contributed by atoms with E-state index in [0.717, 1.165) is 71.3 Å². The fourth-order valence-corrected chi connectivity index (χ4v) is 7.38. The third-order valence-corrected chi connectivity index (χ3v) is 9.64. The summed E-state index contributed by atoms with van der Waals surface area (Å²) in [6, 6.07) is 11.1. The summed E-state index contributed by atoms with van der Waals surface area (Å²) < 4.78 is 7.75. The lowest BCUT2D eigenvalue weighted by molar-refractivity contribution is -0.140. The molecule has 1 saturated heterocycles. The number of carbonyl (C=O) groups excluding carboxylic acids is 1. The molecule has 6 rings (SSSR count). The van der Waals surface area contributed by atoms with Crippen molar-refractivity contribution in [2.75, 3.05) is 26.8 Å². The second kappa shape index (κ2) is 12.3. The average Bonchev–Trinajstić information content (AvgIpc) is 3.79. The van der Waals surface area contributed by atoms with Crippen LogP contribution in [0, 0.1) is 23.7 Å². The summed E-state index contributed by atoms with van der Waals surface area (Å²) in [6.45, 7) is 6.60. The molecule has 2 fully saturated rings. The van der Waals surface area contributed by atoms with Gasteiger partial charge in [-0.2, -0.15) is 0 Å². The second-order valence-corrected chi connectivity index (χ2v) is 12.2. The zero-order valence-electron chi connectivity index (χ0n) is 24.2. The van der Waals surface area contributed by atoms with Gasteiger partial charge in [-0.05, 0) is 79.5 Å². The molecule has 212 valence electrons. The molecule has 4 atom stereocenters. The van der Waals surface area contributed by atoms with Crippen molar-refractivity contribution >= 4 is 17.6 Å². The Morgan fingerprint density at radius 2 is 2.02 bits per heavy atom. The maximum atomic E-state index is 14.5. The van der Waals surface area contributed by atoms with E-state index >= 15 is 0 Å². The SMILES string of the molecule is COCCCn1cc(CN(C(=O)[C@H]2CNCC[C@@H]2C2C=CC=C(c3ccccc3)C2C)C2CC2)c2c1CCC=C2. The largest absolute Gasteiger partial charge is 0.385 e. The normalized spacial score (nSPS) is 25.9. The molecular formula is C35H45N3O2. The zero-order chi connectivity index (χ0) is 27.5. The number of nitrogens with one attached hydrogen (secondary N) is 1. The highest BCUT2D eigenvalue weighted by Gasteiger charge is 2.43. The molecule has 2 aromatic rings. The monoisotopic (exact) mass is 539 g/mol. The van der Waals surface area contributed by atoms with Gasteiger partial charge in [-0.1, -0.05) is 67.6 Å². The number of benzene rings is 1. The first-order chi connectivity index (χ1) is 19.7. The highest BCUT2D eigenvalue weighted by atomic mass is 16.5. The number of nitrogens with zero attached hydrogens (tertiary/aromatic N) is 2. The van der Waals surface area contributed by atoms with Gasteiger partial charge in [0.2, 0.25) is 5.91 Å². The van der Waals surface area contributed by atoms with Gasteiger partial charge in [0.1, 0.15) is 0 Å². The lowest BCUT2D eigenvalue weighted by atomic mass is 9.67. The summed E-state index contributed by atoms with van der Waals surface area (Å²) >= 11 is 0. The molecule has 1 N–H and O–H groups in total. The third kappa shape index (κ3) is 5.64.